The predicted molar refractivity (Wildman–Crippen MR) is 155 cm³/mol. The van der Waals surface area contributed by atoms with Crippen molar-refractivity contribution in [1.82, 2.24) is 19.6 Å². The molecule has 7 rings (SSSR count). The van der Waals surface area contributed by atoms with Crippen molar-refractivity contribution in [2.75, 3.05) is 18.0 Å². The molecule has 0 saturated carbocycles. The zero-order chi connectivity index (χ0) is 27.4. The lowest BCUT2D eigenvalue weighted by Gasteiger charge is -2.28. The molecule has 0 bridgehead atoms. The second kappa shape index (κ2) is 9.50. The Balaban J connectivity index is 1.50. The van der Waals surface area contributed by atoms with E-state index in [1.54, 1.807) is 23.0 Å². The number of para-hydroxylation sites is 1. The van der Waals surface area contributed by atoms with E-state index in [0.717, 1.165) is 24.3 Å². The van der Waals surface area contributed by atoms with Crippen LogP contribution in [0.15, 0.2) is 88.3 Å². The lowest BCUT2D eigenvalue weighted by molar-refractivity contribution is 0.422. The molecule has 3 aromatic carbocycles. The van der Waals surface area contributed by atoms with Gasteiger partial charge in [-0.25, -0.2) is 19.3 Å². The van der Waals surface area contributed by atoms with Crippen LogP contribution in [0.25, 0.3) is 28.0 Å². The Labute approximate surface area is 234 Å². The predicted octanol–water partition coefficient (Wildman–Crippen LogP) is 6.68. The number of nitrogens with zero attached hydrogens (tertiary/aromatic N) is 5. The maximum atomic E-state index is 13.6. The molecular weight excluding hydrogens is 526 g/mol. The number of hydrogen-bond acceptors (Lipinski definition) is 7. The van der Waals surface area contributed by atoms with Crippen molar-refractivity contribution in [3.8, 4) is 23.0 Å². The van der Waals surface area contributed by atoms with Gasteiger partial charge in [-0.3, -0.25) is 0 Å². The number of benzene rings is 3. The fraction of sp³-hybridized carbons (Fsp3) is 0.161. The molecule has 0 aliphatic carbocycles. The molecule has 0 amide bonds. The van der Waals surface area contributed by atoms with Gasteiger partial charge in [0.1, 0.15) is 11.9 Å². The Hall–Kier alpha value is -4.69. The summed E-state index contributed by atoms with van der Waals surface area (Å²) >= 11 is 6.47. The summed E-state index contributed by atoms with van der Waals surface area (Å²) in [4.78, 5) is 25.4. The van der Waals surface area contributed by atoms with Crippen molar-refractivity contribution in [2.24, 2.45) is 0 Å². The second-order valence-corrected chi connectivity index (χ2v) is 9.98. The highest BCUT2D eigenvalue weighted by Gasteiger charge is 2.37. The van der Waals surface area contributed by atoms with Crippen LogP contribution in [0.4, 0.5) is 5.69 Å². The lowest BCUT2D eigenvalue weighted by Crippen LogP contribution is -2.23. The van der Waals surface area contributed by atoms with Crippen LogP contribution in [0.2, 0.25) is 5.02 Å². The first kappa shape index (κ1) is 24.4. The van der Waals surface area contributed by atoms with E-state index in [4.69, 9.17) is 25.7 Å². The van der Waals surface area contributed by atoms with E-state index in [2.05, 4.69) is 41.0 Å². The fourth-order valence-electron chi connectivity index (χ4n) is 5.49. The molecule has 0 spiro atoms. The van der Waals surface area contributed by atoms with E-state index >= 15 is 0 Å². The van der Waals surface area contributed by atoms with Crippen LogP contribution in [-0.2, 0) is 0 Å². The van der Waals surface area contributed by atoms with Crippen LogP contribution in [0.1, 0.15) is 36.5 Å². The molecule has 3 aromatic heterocycles. The standard InChI is InChI=1S/C31H24ClN5O3/c1-3-36(4-2)19-15-13-18(14-16-19)24-25-27(21-10-6-8-12-23(21)39-31(25)38)40-30-26(24)29-34-28(35-37(29)17-33-30)20-9-5-7-11-22(20)32/h5-17,24H,3-4H2,1-2H3. The van der Waals surface area contributed by atoms with Gasteiger partial charge in [-0.05, 0) is 55.8 Å². The van der Waals surface area contributed by atoms with Crippen molar-refractivity contribution >= 4 is 33.9 Å². The first-order valence-electron chi connectivity index (χ1n) is 13.2. The molecule has 198 valence electrons. The molecule has 40 heavy (non-hydrogen) atoms. The minimum Gasteiger partial charge on any atom is -0.437 e. The van der Waals surface area contributed by atoms with Crippen molar-refractivity contribution in [1.29, 1.82) is 0 Å². The minimum absolute atomic E-state index is 0.367. The van der Waals surface area contributed by atoms with E-state index in [0.29, 0.717) is 55.8 Å². The van der Waals surface area contributed by atoms with Crippen LogP contribution in [0.3, 0.4) is 0 Å². The van der Waals surface area contributed by atoms with E-state index in [1.165, 1.54) is 0 Å². The first-order chi connectivity index (χ1) is 19.6. The van der Waals surface area contributed by atoms with Crippen LogP contribution < -0.4 is 15.3 Å². The van der Waals surface area contributed by atoms with Gasteiger partial charge in [0, 0.05) is 24.3 Å². The summed E-state index contributed by atoms with van der Waals surface area (Å²) in [5.74, 6) is 0.712. The fourth-order valence-corrected chi connectivity index (χ4v) is 5.71. The first-order valence-corrected chi connectivity index (χ1v) is 13.5. The van der Waals surface area contributed by atoms with Crippen molar-refractivity contribution in [3.63, 3.8) is 0 Å². The smallest absolute Gasteiger partial charge is 0.344 e. The normalized spacial score (nSPS) is 14.1. The van der Waals surface area contributed by atoms with Gasteiger partial charge in [0.05, 0.1) is 27.5 Å². The molecule has 0 saturated heterocycles. The van der Waals surface area contributed by atoms with Crippen molar-refractivity contribution in [2.45, 2.75) is 19.8 Å². The van der Waals surface area contributed by atoms with Gasteiger partial charge in [0.2, 0.25) is 5.88 Å². The van der Waals surface area contributed by atoms with Gasteiger partial charge >= 0.3 is 5.63 Å². The van der Waals surface area contributed by atoms with E-state index in [1.807, 2.05) is 48.5 Å². The van der Waals surface area contributed by atoms with E-state index < -0.39 is 11.5 Å². The lowest BCUT2D eigenvalue weighted by atomic mass is 9.84. The average molecular weight is 550 g/mol. The molecule has 1 aliphatic heterocycles. The summed E-state index contributed by atoms with van der Waals surface area (Å²) in [6.45, 7) is 6.04. The third-order valence-corrected chi connectivity index (χ3v) is 7.76. The Morgan fingerprint density at radius 3 is 2.48 bits per heavy atom. The van der Waals surface area contributed by atoms with E-state index in [9.17, 15) is 4.79 Å². The monoisotopic (exact) mass is 549 g/mol. The Morgan fingerprint density at radius 2 is 1.70 bits per heavy atom. The molecule has 6 aromatic rings. The van der Waals surface area contributed by atoms with Gasteiger partial charge in [-0.2, -0.15) is 0 Å². The summed E-state index contributed by atoms with van der Waals surface area (Å²) in [5.41, 5.74) is 4.24. The Bertz CT molecular complexity index is 1960. The number of ether oxygens (including phenoxy) is 1. The summed E-state index contributed by atoms with van der Waals surface area (Å²) in [5, 5.41) is 5.90. The molecule has 0 fully saturated rings. The highest BCUT2D eigenvalue weighted by Crippen LogP contribution is 2.49. The maximum absolute atomic E-state index is 13.6. The molecule has 0 N–H and O–H groups in total. The minimum atomic E-state index is -0.551. The van der Waals surface area contributed by atoms with E-state index in [-0.39, 0.29) is 0 Å². The Kier molecular flexibility index (Phi) is 5.78. The van der Waals surface area contributed by atoms with Gasteiger partial charge in [-0.1, -0.05) is 48.0 Å². The number of anilines is 1. The van der Waals surface area contributed by atoms with Crippen molar-refractivity contribution < 1.29 is 9.15 Å². The summed E-state index contributed by atoms with van der Waals surface area (Å²) < 4.78 is 13.8. The Morgan fingerprint density at radius 1 is 0.950 bits per heavy atom. The van der Waals surface area contributed by atoms with Crippen LogP contribution in [0.5, 0.6) is 11.6 Å². The average Bonchev–Trinajstić information content (AvgIpc) is 3.42. The molecule has 1 unspecified atom stereocenters. The SMILES string of the molecule is CCN(CC)c1ccc(C2c3c(c4ccccc4oc3=O)Oc3ncn4nc(-c5ccccc5Cl)nc4c32)cc1. The van der Waals surface area contributed by atoms with Crippen LogP contribution in [0, 0.1) is 0 Å². The number of halogens is 1. The second-order valence-electron chi connectivity index (χ2n) is 9.57. The molecule has 4 heterocycles. The molecule has 0 radical (unpaired) electrons. The maximum Gasteiger partial charge on any atom is 0.344 e. The zero-order valence-electron chi connectivity index (χ0n) is 21.8. The topological polar surface area (TPSA) is 85.8 Å². The zero-order valence-corrected chi connectivity index (χ0v) is 22.6. The van der Waals surface area contributed by atoms with Crippen LogP contribution in [-0.4, -0.2) is 32.7 Å². The van der Waals surface area contributed by atoms with Gasteiger partial charge in [-0.15, -0.1) is 5.10 Å². The quantitative estimate of drug-likeness (QED) is 0.221. The number of rotatable bonds is 5. The van der Waals surface area contributed by atoms with Crippen molar-refractivity contribution in [3.05, 3.63) is 111 Å². The third kappa shape index (κ3) is 3.75. The van der Waals surface area contributed by atoms with Gasteiger partial charge < -0.3 is 14.1 Å². The molecule has 1 aliphatic rings. The number of aromatic nitrogens is 4. The highest BCUT2D eigenvalue weighted by atomic mass is 35.5. The van der Waals surface area contributed by atoms with Gasteiger partial charge in [0.15, 0.2) is 17.2 Å². The molecule has 9 heteroatoms. The van der Waals surface area contributed by atoms with Crippen LogP contribution >= 0.6 is 11.6 Å². The van der Waals surface area contributed by atoms with Gasteiger partial charge in [0.25, 0.3) is 0 Å². The largest absolute Gasteiger partial charge is 0.437 e. The highest BCUT2D eigenvalue weighted by molar-refractivity contribution is 6.33. The molecular formula is C31H24ClN5O3. The summed E-state index contributed by atoms with van der Waals surface area (Å²) in [7, 11) is 0. The molecule has 1 atom stereocenters. The molecule has 8 nitrogen and oxygen atoms in total. The number of fused-ring (bicyclic) bond motifs is 6. The summed E-state index contributed by atoms with van der Waals surface area (Å²) in [6.07, 6.45) is 1.57. The number of hydrogen-bond donors (Lipinski definition) is 0. The third-order valence-electron chi connectivity index (χ3n) is 7.43. The summed E-state index contributed by atoms with van der Waals surface area (Å²) in [6, 6.07) is 23.0.